The minimum Gasteiger partial charge on any atom is -0.335 e. The number of aromatic nitrogens is 1. The molecular formula is C12H19Cl2N3O. The molecule has 1 aromatic heterocycles. The molecule has 1 amide bonds. The first-order valence-corrected chi connectivity index (χ1v) is 5.64. The highest BCUT2D eigenvalue weighted by Crippen LogP contribution is 2.34. The molecule has 1 aliphatic carbocycles. The first kappa shape index (κ1) is 17.2. The first-order valence-electron chi connectivity index (χ1n) is 5.64. The highest BCUT2D eigenvalue weighted by molar-refractivity contribution is 5.89. The summed E-state index contributed by atoms with van der Waals surface area (Å²) in [6, 6.07) is 5.72. The Morgan fingerprint density at radius 1 is 1.44 bits per heavy atom. The molecule has 1 fully saturated rings. The Morgan fingerprint density at radius 3 is 2.56 bits per heavy atom. The number of amides is 1. The van der Waals surface area contributed by atoms with Gasteiger partial charge in [-0.05, 0) is 31.9 Å². The fourth-order valence-corrected chi connectivity index (χ4v) is 1.68. The second kappa shape index (κ2) is 6.92. The van der Waals surface area contributed by atoms with Gasteiger partial charge in [0.1, 0.15) is 0 Å². The molecule has 4 nitrogen and oxygen atoms in total. The monoisotopic (exact) mass is 291 g/mol. The third-order valence-electron chi connectivity index (χ3n) is 2.96. The number of likely N-dealkylation sites (N-methyl/N-ethyl adjacent to an activating group) is 1. The number of nitrogens with two attached hydrogens (primary N) is 1. The average Bonchev–Trinajstić information content (AvgIpc) is 3.06. The van der Waals surface area contributed by atoms with E-state index in [1.54, 1.807) is 11.1 Å². The summed E-state index contributed by atoms with van der Waals surface area (Å²) in [6.07, 6.45) is 3.36. The van der Waals surface area contributed by atoms with Gasteiger partial charge in [0.05, 0.1) is 17.8 Å². The summed E-state index contributed by atoms with van der Waals surface area (Å²) in [5, 5.41) is 0. The molecule has 0 radical (unpaired) electrons. The van der Waals surface area contributed by atoms with Crippen molar-refractivity contribution in [2.45, 2.75) is 31.8 Å². The van der Waals surface area contributed by atoms with Crippen LogP contribution in [-0.2, 0) is 11.3 Å². The quantitative estimate of drug-likeness (QED) is 0.920. The molecule has 102 valence electrons. The van der Waals surface area contributed by atoms with Gasteiger partial charge in [0.15, 0.2) is 0 Å². The van der Waals surface area contributed by atoms with Crippen LogP contribution in [0.3, 0.4) is 0 Å². The van der Waals surface area contributed by atoms with Crippen LogP contribution in [0, 0.1) is 0 Å². The highest BCUT2D eigenvalue weighted by atomic mass is 35.5. The molecule has 0 aliphatic heterocycles. The highest BCUT2D eigenvalue weighted by Gasteiger charge is 2.47. The Balaban J connectivity index is 0.00000144. The zero-order valence-electron chi connectivity index (χ0n) is 10.3. The van der Waals surface area contributed by atoms with Gasteiger partial charge in [-0.1, -0.05) is 6.07 Å². The maximum atomic E-state index is 12.0. The summed E-state index contributed by atoms with van der Waals surface area (Å²) in [4.78, 5) is 18.0. The zero-order chi connectivity index (χ0) is 11.6. The third kappa shape index (κ3) is 3.83. The summed E-state index contributed by atoms with van der Waals surface area (Å²) < 4.78 is 0. The molecule has 0 unspecified atom stereocenters. The molecule has 1 aliphatic rings. The van der Waals surface area contributed by atoms with Crippen molar-refractivity contribution in [1.29, 1.82) is 0 Å². The Bertz CT molecular complexity index is 382. The third-order valence-corrected chi connectivity index (χ3v) is 2.96. The summed E-state index contributed by atoms with van der Waals surface area (Å²) in [5.41, 5.74) is 6.23. The van der Waals surface area contributed by atoms with Crippen molar-refractivity contribution < 1.29 is 4.79 Å². The van der Waals surface area contributed by atoms with Gasteiger partial charge >= 0.3 is 0 Å². The van der Waals surface area contributed by atoms with E-state index in [9.17, 15) is 4.79 Å². The maximum Gasteiger partial charge on any atom is 0.242 e. The molecule has 1 heterocycles. The lowest BCUT2D eigenvalue weighted by molar-refractivity contribution is -0.134. The molecular weight excluding hydrogens is 273 g/mol. The first-order chi connectivity index (χ1) is 7.65. The van der Waals surface area contributed by atoms with Gasteiger partial charge in [-0.3, -0.25) is 9.78 Å². The van der Waals surface area contributed by atoms with E-state index < -0.39 is 5.54 Å². The number of hydrogen-bond acceptors (Lipinski definition) is 3. The van der Waals surface area contributed by atoms with Crippen molar-refractivity contribution in [3.8, 4) is 0 Å². The summed E-state index contributed by atoms with van der Waals surface area (Å²) in [6.45, 7) is 3.19. The number of carbonyl (C=O) groups is 1. The smallest absolute Gasteiger partial charge is 0.242 e. The Labute approximate surface area is 120 Å². The van der Waals surface area contributed by atoms with E-state index in [1.165, 1.54) is 0 Å². The lowest BCUT2D eigenvalue weighted by Gasteiger charge is -2.23. The van der Waals surface area contributed by atoms with E-state index in [-0.39, 0.29) is 30.7 Å². The minimum absolute atomic E-state index is 0. The van der Waals surface area contributed by atoms with Crippen molar-refractivity contribution in [2.75, 3.05) is 6.54 Å². The van der Waals surface area contributed by atoms with Crippen LogP contribution in [0.25, 0.3) is 0 Å². The van der Waals surface area contributed by atoms with Crippen LogP contribution in [-0.4, -0.2) is 27.9 Å². The number of hydrogen-bond donors (Lipinski definition) is 1. The van der Waals surface area contributed by atoms with Gasteiger partial charge in [-0.2, -0.15) is 0 Å². The predicted molar refractivity (Wildman–Crippen MR) is 76.0 cm³/mol. The number of halogens is 2. The van der Waals surface area contributed by atoms with Gasteiger partial charge in [-0.25, -0.2) is 0 Å². The van der Waals surface area contributed by atoms with E-state index in [2.05, 4.69) is 4.98 Å². The topological polar surface area (TPSA) is 59.2 Å². The standard InChI is InChI=1S/C12H17N3O.2ClH/c1-2-15(11(16)12(13)6-7-12)9-10-5-3-4-8-14-10;;/h3-5,8H,2,6-7,9,13H2,1H3;2*1H. The van der Waals surface area contributed by atoms with Gasteiger partial charge < -0.3 is 10.6 Å². The van der Waals surface area contributed by atoms with Crippen LogP contribution >= 0.6 is 24.8 Å². The fourth-order valence-electron chi connectivity index (χ4n) is 1.68. The van der Waals surface area contributed by atoms with Crippen molar-refractivity contribution in [3.05, 3.63) is 30.1 Å². The van der Waals surface area contributed by atoms with Crippen LogP contribution in [0.5, 0.6) is 0 Å². The maximum absolute atomic E-state index is 12.0. The summed E-state index contributed by atoms with van der Waals surface area (Å²) >= 11 is 0. The molecule has 0 bridgehead atoms. The van der Waals surface area contributed by atoms with E-state index >= 15 is 0 Å². The van der Waals surface area contributed by atoms with Crippen LogP contribution in [0.15, 0.2) is 24.4 Å². The van der Waals surface area contributed by atoms with E-state index in [1.807, 2.05) is 25.1 Å². The molecule has 2 N–H and O–H groups in total. The number of pyridine rings is 1. The second-order valence-corrected chi connectivity index (χ2v) is 4.30. The normalized spacial score (nSPS) is 15.0. The Morgan fingerprint density at radius 2 is 2.11 bits per heavy atom. The Hall–Kier alpha value is -0.840. The van der Waals surface area contributed by atoms with Crippen LogP contribution in [0.1, 0.15) is 25.5 Å². The average molecular weight is 292 g/mol. The molecule has 1 saturated carbocycles. The lowest BCUT2D eigenvalue weighted by Crippen LogP contribution is -2.45. The van der Waals surface area contributed by atoms with E-state index in [4.69, 9.17) is 5.73 Å². The molecule has 18 heavy (non-hydrogen) atoms. The molecule has 2 rings (SSSR count). The number of rotatable bonds is 4. The van der Waals surface area contributed by atoms with Crippen molar-refractivity contribution in [3.63, 3.8) is 0 Å². The van der Waals surface area contributed by atoms with Crippen LogP contribution in [0.2, 0.25) is 0 Å². The van der Waals surface area contributed by atoms with Gasteiger partial charge in [0.2, 0.25) is 5.91 Å². The van der Waals surface area contributed by atoms with Crippen molar-refractivity contribution in [1.82, 2.24) is 9.88 Å². The SMILES string of the molecule is CCN(Cc1ccccn1)C(=O)C1(N)CC1.Cl.Cl. The number of nitrogens with zero attached hydrogens (tertiary/aromatic N) is 2. The Kier molecular flexibility index (Phi) is 6.60. The fraction of sp³-hybridized carbons (Fsp3) is 0.500. The molecule has 1 aromatic rings. The minimum atomic E-state index is -0.579. The van der Waals surface area contributed by atoms with E-state index in [0.29, 0.717) is 13.1 Å². The van der Waals surface area contributed by atoms with Crippen molar-refractivity contribution >= 4 is 30.7 Å². The second-order valence-electron chi connectivity index (χ2n) is 4.30. The van der Waals surface area contributed by atoms with Crippen LogP contribution < -0.4 is 5.73 Å². The molecule has 0 aromatic carbocycles. The lowest BCUT2D eigenvalue weighted by atomic mass is 10.2. The summed E-state index contributed by atoms with van der Waals surface area (Å²) in [5.74, 6) is 0.0562. The van der Waals surface area contributed by atoms with Gasteiger partial charge in [0.25, 0.3) is 0 Å². The van der Waals surface area contributed by atoms with E-state index in [0.717, 1.165) is 18.5 Å². The molecule has 0 saturated heterocycles. The molecule has 0 spiro atoms. The van der Waals surface area contributed by atoms with Gasteiger partial charge in [-0.15, -0.1) is 24.8 Å². The predicted octanol–water partition coefficient (Wildman–Crippen LogP) is 1.77. The zero-order valence-corrected chi connectivity index (χ0v) is 12.0. The van der Waals surface area contributed by atoms with Crippen LogP contribution in [0.4, 0.5) is 0 Å². The number of carbonyl (C=O) groups excluding carboxylic acids is 1. The largest absolute Gasteiger partial charge is 0.335 e. The summed E-state index contributed by atoms with van der Waals surface area (Å²) in [7, 11) is 0. The van der Waals surface area contributed by atoms with Crippen molar-refractivity contribution in [2.24, 2.45) is 5.73 Å². The molecule has 0 atom stereocenters. The van der Waals surface area contributed by atoms with Gasteiger partial charge in [0, 0.05) is 12.7 Å². The molecule has 6 heteroatoms.